The molecular weight excluding hydrogens is 262 g/mol. The van der Waals surface area contributed by atoms with Gasteiger partial charge in [0.2, 0.25) is 5.91 Å². The number of amides is 1. The molecule has 0 saturated heterocycles. The molecule has 3 rings (SSSR count). The van der Waals surface area contributed by atoms with Crippen LogP contribution in [0.2, 0.25) is 0 Å². The summed E-state index contributed by atoms with van der Waals surface area (Å²) in [6.07, 6.45) is 3.22. The van der Waals surface area contributed by atoms with E-state index in [-0.39, 0.29) is 11.5 Å². The van der Waals surface area contributed by atoms with Gasteiger partial charge in [-0.2, -0.15) is 0 Å². The van der Waals surface area contributed by atoms with Gasteiger partial charge < -0.3 is 9.64 Å². The van der Waals surface area contributed by atoms with Gasteiger partial charge >= 0.3 is 0 Å². The Balaban J connectivity index is 1.92. The first-order valence-corrected chi connectivity index (χ1v) is 8.03. The van der Waals surface area contributed by atoms with E-state index in [1.807, 2.05) is 18.2 Å². The molecule has 1 heterocycles. The van der Waals surface area contributed by atoms with Crippen LogP contribution in [0.1, 0.15) is 45.6 Å². The quantitative estimate of drug-likeness (QED) is 0.831. The van der Waals surface area contributed by atoms with Gasteiger partial charge in [-0.3, -0.25) is 4.79 Å². The molecule has 1 aliphatic heterocycles. The van der Waals surface area contributed by atoms with Crippen molar-refractivity contribution in [3.63, 3.8) is 0 Å². The number of carbonyl (C=O) groups excluding carboxylic acids is 1. The van der Waals surface area contributed by atoms with Crippen molar-refractivity contribution < 1.29 is 9.53 Å². The molecule has 1 amide bonds. The maximum absolute atomic E-state index is 13.0. The van der Waals surface area contributed by atoms with E-state index < -0.39 is 0 Å². The Morgan fingerprint density at radius 3 is 2.67 bits per heavy atom. The number of fused-ring (bicyclic) bond motifs is 1. The predicted octanol–water partition coefficient (Wildman–Crippen LogP) is 3.62. The summed E-state index contributed by atoms with van der Waals surface area (Å²) in [4.78, 5) is 15.1. The number of nitrogens with zero attached hydrogens (tertiary/aromatic N) is 1. The van der Waals surface area contributed by atoms with Crippen molar-refractivity contribution in [3.05, 3.63) is 29.8 Å². The minimum atomic E-state index is -0.146. The number of para-hydroxylation sites is 1. The Hall–Kier alpha value is -1.51. The second kappa shape index (κ2) is 5.36. The topological polar surface area (TPSA) is 29.5 Å². The molecular formula is C18H25NO2. The standard InChI is InChI=1S/C18H25NO2/c1-13(2)15-12-21-16-8-5-4-7-14(16)11-19(15)17(20)18(3)9-6-10-18/h4-5,7-8,13,15H,6,9-12H2,1-3H3/t15-/m0/s1. The summed E-state index contributed by atoms with van der Waals surface area (Å²) in [6.45, 7) is 7.73. The number of rotatable bonds is 2. The van der Waals surface area contributed by atoms with E-state index in [9.17, 15) is 4.79 Å². The highest BCUT2D eigenvalue weighted by Crippen LogP contribution is 2.43. The van der Waals surface area contributed by atoms with Crippen LogP contribution in [0.5, 0.6) is 5.75 Å². The molecule has 1 saturated carbocycles. The molecule has 3 nitrogen and oxygen atoms in total. The average molecular weight is 287 g/mol. The lowest BCUT2D eigenvalue weighted by Gasteiger charge is -2.43. The SMILES string of the molecule is CC(C)[C@@H]1COc2ccccc2CN1C(=O)C1(C)CCC1. The lowest BCUT2D eigenvalue weighted by molar-refractivity contribution is -0.150. The van der Waals surface area contributed by atoms with Crippen LogP contribution in [0.25, 0.3) is 0 Å². The van der Waals surface area contributed by atoms with Gasteiger partial charge in [0.05, 0.1) is 6.04 Å². The van der Waals surface area contributed by atoms with Crippen LogP contribution in [0.4, 0.5) is 0 Å². The van der Waals surface area contributed by atoms with Crippen molar-refractivity contribution in [2.75, 3.05) is 6.61 Å². The molecule has 0 spiro atoms. The molecule has 1 aromatic rings. The van der Waals surface area contributed by atoms with Crippen molar-refractivity contribution in [2.45, 2.75) is 52.6 Å². The highest BCUT2D eigenvalue weighted by molar-refractivity contribution is 5.83. The lowest BCUT2D eigenvalue weighted by Crippen LogP contribution is -2.52. The van der Waals surface area contributed by atoms with Crippen molar-refractivity contribution in [2.24, 2.45) is 11.3 Å². The van der Waals surface area contributed by atoms with Gasteiger partial charge in [0.1, 0.15) is 12.4 Å². The zero-order valence-electron chi connectivity index (χ0n) is 13.3. The molecule has 114 valence electrons. The first-order chi connectivity index (χ1) is 10.0. The highest BCUT2D eigenvalue weighted by atomic mass is 16.5. The highest BCUT2D eigenvalue weighted by Gasteiger charge is 2.44. The Bertz CT molecular complexity index is 534. The number of hydrogen-bond donors (Lipinski definition) is 0. The molecule has 0 N–H and O–H groups in total. The third-order valence-corrected chi connectivity index (χ3v) is 5.13. The van der Waals surface area contributed by atoms with Crippen LogP contribution in [-0.2, 0) is 11.3 Å². The summed E-state index contributed by atoms with van der Waals surface area (Å²) < 4.78 is 5.97. The molecule has 0 unspecified atom stereocenters. The van der Waals surface area contributed by atoms with E-state index in [2.05, 4.69) is 31.7 Å². The second-order valence-corrected chi connectivity index (χ2v) is 7.08. The summed E-state index contributed by atoms with van der Waals surface area (Å²) in [7, 11) is 0. The maximum Gasteiger partial charge on any atom is 0.229 e. The smallest absolute Gasteiger partial charge is 0.229 e. The van der Waals surface area contributed by atoms with Crippen LogP contribution in [0, 0.1) is 11.3 Å². The molecule has 1 aliphatic carbocycles. The Labute approximate surface area is 127 Å². The lowest BCUT2D eigenvalue weighted by atomic mass is 9.69. The van der Waals surface area contributed by atoms with Crippen LogP contribution in [0.15, 0.2) is 24.3 Å². The third kappa shape index (κ3) is 2.54. The normalized spacial score (nSPS) is 23.8. The third-order valence-electron chi connectivity index (χ3n) is 5.13. The van der Waals surface area contributed by atoms with Crippen molar-refractivity contribution in [1.29, 1.82) is 0 Å². The fourth-order valence-corrected chi connectivity index (χ4v) is 3.38. The van der Waals surface area contributed by atoms with Crippen molar-refractivity contribution >= 4 is 5.91 Å². The summed E-state index contributed by atoms with van der Waals surface area (Å²) in [6, 6.07) is 8.24. The molecule has 0 aromatic heterocycles. The van der Waals surface area contributed by atoms with Crippen LogP contribution >= 0.6 is 0 Å². The van der Waals surface area contributed by atoms with Gasteiger partial charge in [-0.05, 0) is 24.8 Å². The van der Waals surface area contributed by atoms with Gasteiger partial charge in [0.15, 0.2) is 0 Å². The molecule has 1 aromatic carbocycles. The summed E-state index contributed by atoms with van der Waals surface area (Å²) in [5.74, 6) is 1.64. The Morgan fingerprint density at radius 2 is 2.05 bits per heavy atom. The molecule has 21 heavy (non-hydrogen) atoms. The van der Waals surface area contributed by atoms with Crippen LogP contribution in [-0.4, -0.2) is 23.5 Å². The van der Waals surface area contributed by atoms with Gasteiger partial charge in [-0.25, -0.2) is 0 Å². The van der Waals surface area contributed by atoms with E-state index >= 15 is 0 Å². The molecule has 3 heteroatoms. The minimum Gasteiger partial charge on any atom is -0.491 e. The summed E-state index contributed by atoms with van der Waals surface area (Å²) >= 11 is 0. The average Bonchev–Trinajstić information content (AvgIpc) is 2.63. The molecule has 0 radical (unpaired) electrons. The zero-order valence-corrected chi connectivity index (χ0v) is 13.3. The van der Waals surface area contributed by atoms with E-state index in [4.69, 9.17) is 4.74 Å². The minimum absolute atomic E-state index is 0.146. The monoisotopic (exact) mass is 287 g/mol. The van der Waals surface area contributed by atoms with E-state index in [0.29, 0.717) is 25.0 Å². The van der Waals surface area contributed by atoms with Crippen molar-refractivity contribution in [1.82, 2.24) is 4.90 Å². The predicted molar refractivity (Wildman–Crippen MR) is 83.1 cm³/mol. The fraction of sp³-hybridized carbons (Fsp3) is 0.611. The number of ether oxygens (including phenoxy) is 1. The largest absolute Gasteiger partial charge is 0.491 e. The van der Waals surface area contributed by atoms with E-state index in [1.165, 1.54) is 6.42 Å². The molecule has 0 bridgehead atoms. The second-order valence-electron chi connectivity index (χ2n) is 7.08. The maximum atomic E-state index is 13.0. The Kier molecular flexibility index (Phi) is 3.68. The number of carbonyl (C=O) groups is 1. The molecule has 1 atom stereocenters. The first kappa shape index (κ1) is 14.4. The van der Waals surface area contributed by atoms with Gasteiger partial charge in [0.25, 0.3) is 0 Å². The van der Waals surface area contributed by atoms with Crippen LogP contribution in [0.3, 0.4) is 0 Å². The van der Waals surface area contributed by atoms with Gasteiger partial charge in [-0.15, -0.1) is 0 Å². The van der Waals surface area contributed by atoms with E-state index in [1.54, 1.807) is 0 Å². The summed E-state index contributed by atoms with van der Waals surface area (Å²) in [5.41, 5.74) is 0.976. The zero-order chi connectivity index (χ0) is 15.0. The number of benzene rings is 1. The Morgan fingerprint density at radius 1 is 1.33 bits per heavy atom. The molecule has 1 fully saturated rings. The van der Waals surface area contributed by atoms with Crippen molar-refractivity contribution in [3.8, 4) is 5.75 Å². The van der Waals surface area contributed by atoms with Gasteiger partial charge in [0, 0.05) is 17.5 Å². The van der Waals surface area contributed by atoms with E-state index in [0.717, 1.165) is 24.2 Å². The van der Waals surface area contributed by atoms with Gasteiger partial charge in [-0.1, -0.05) is 45.4 Å². The van der Waals surface area contributed by atoms with Crippen LogP contribution < -0.4 is 4.74 Å². The number of hydrogen-bond acceptors (Lipinski definition) is 2. The molecule has 2 aliphatic rings. The fourth-order valence-electron chi connectivity index (χ4n) is 3.38. The summed E-state index contributed by atoms with van der Waals surface area (Å²) in [5, 5.41) is 0. The first-order valence-electron chi connectivity index (χ1n) is 8.03.